The molecule has 0 fully saturated rings. The number of nitrogens with one attached hydrogen (secondary N) is 1. The minimum atomic E-state index is 0.339. The maximum absolute atomic E-state index is 5.58. The molecule has 0 bridgehead atoms. The molecule has 1 aromatic heterocycles. The maximum atomic E-state index is 5.58. The highest BCUT2D eigenvalue weighted by Crippen LogP contribution is 2.35. The van der Waals surface area contributed by atoms with Crippen LogP contribution in [0.2, 0.25) is 0 Å². The fourth-order valence-corrected chi connectivity index (χ4v) is 4.17. The molecule has 4 heteroatoms. The number of aromatic amines is 1. The molecule has 2 nitrogen and oxygen atoms in total. The lowest BCUT2D eigenvalue weighted by Crippen LogP contribution is -2.04. The van der Waals surface area contributed by atoms with E-state index in [-0.39, 0.29) is 0 Å². The van der Waals surface area contributed by atoms with Gasteiger partial charge in [0.25, 0.3) is 0 Å². The van der Waals surface area contributed by atoms with E-state index in [2.05, 4.69) is 66.8 Å². The summed E-state index contributed by atoms with van der Waals surface area (Å²) < 4.78 is 5.58. The van der Waals surface area contributed by atoms with Gasteiger partial charge in [0.2, 0.25) is 0 Å². The monoisotopic (exact) mass is 371 g/mol. The number of fused-ring (bicyclic) bond motifs is 1. The first-order chi connectivity index (χ1) is 12.2. The van der Waals surface area contributed by atoms with Crippen molar-refractivity contribution in [3.8, 4) is 0 Å². The summed E-state index contributed by atoms with van der Waals surface area (Å²) in [6, 6.07) is 15.5. The Kier molecular flexibility index (Phi) is 6.51. The first-order valence-corrected chi connectivity index (χ1v) is 11.1. The smallest absolute Gasteiger partial charge is 0.0622 e. The fraction of sp³-hybridized carbons (Fsp3) is 0.333. The van der Waals surface area contributed by atoms with E-state index >= 15 is 0 Å². The normalized spacial score (nSPS) is 12.6. The Morgan fingerprint density at radius 2 is 1.88 bits per heavy atom. The number of hydrogen-bond donors (Lipinski definition) is 1. The third-order valence-corrected chi connectivity index (χ3v) is 5.60. The molecule has 1 atom stereocenters. The van der Waals surface area contributed by atoms with Crippen LogP contribution >= 0.6 is 23.8 Å². The first-order valence-electron chi connectivity index (χ1n) is 8.54. The van der Waals surface area contributed by atoms with Crippen molar-refractivity contribution >= 4 is 34.7 Å². The molecule has 0 aliphatic carbocycles. The standard InChI is InChI=1S/C21H25NOS2/c1-15-7-9-16(10-8-15)18(11-12-23-25-3)20-13-22-21-17(14-24-2)5-4-6-19(20)21/h4-10,13,18,22H,11-12,14H2,1-3H3. The summed E-state index contributed by atoms with van der Waals surface area (Å²) in [5, 5.41) is 1.33. The van der Waals surface area contributed by atoms with E-state index in [0.29, 0.717) is 5.92 Å². The number of H-pyrrole nitrogens is 1. The molecule has 0 saturated carbocycles. The van der Waals surface area contributed by atoms with Crippen molar-refractivity contribution in [1.82, 2.24) is 4.98 Å². The SMILES string of the molecule is CSCc1cccc2c(C(CCOSC)c3ccc(C)cc3)c[nH]c12. The number of para-hydroxylation sites is 1. The lowest BCUT2D eigenvalue weighted by Gasteiger charge is -2.17. The van der Waals surface area contributed by atoms with Crippen molar-refractivity contribution < 1.29 is 4.18 Å². The van der Waals surface area contributed by atoms with Crippen LogP contribution in [0.15, 0.2) is 48.7 Å². The predicted molar refractivity (Wildman–Crippen MR) is 113 cm³/mol. The topological polar surface area (TPSA) is 25.0 Å². The Bertz CT molecular complexity index is 810. The van der Waals surface area contributed by atoms with Crippen LogP contribution in [0.25, 0.3) is 10.9 Å². The zero-order valence-corrected chi connectivity index (χ0v) is 16.7. The lowest BCUT2D eigenvalue weighted by molar-refractivity contribution is 0.357. The second-order valence-corrected chi connectivity index (χ2v) is 7.69. The Morgan fingerprint density at radius 3 is 2.60 bits per heavy atom. The molecule has 0 radical (unpaired) electrons. The van der Waals surface area contributed by atoms with Gasteiger partial charge in [-0.3, -0.25) is 0 Å². The highest BCUT2D eigenvalue weighted by atomic mass is 32.2. The molecule has 0 spiro atoms. The Balaban J connectivity index is 2.01. The van der Waals surface area contributed by atoms with E-state index in [4.69, 9.17) is 4.18 Å². The van der Waals surface area contributed by atoms with Crippen molar-refractivity contribution in [2.75, 3.05) is 19.1 Å². The fourth-order valence-electron chi connectivity index (χ4n) is 3.35. The minimum absolute atomic E-state index is 0.339. The summed E-state index contributed by atoms with van der Waals surface area (Å²) >= 11 is 3.30. The van der Waals surface area contributed by atoms with Gasteiger partial charge in [-0.25, -0.2) is 0 Å². The van der Waals surface area contributed by atoms with Crippen LogP contribution in [0.4, 0.5) is 0 Å². The number of benzene rings is 2. The number of hydrogen-bond acceptors (Lipinski definition) is 3. The highest BCUT2D eigenvalue weighted by molar-refractivity contribution is 7.97. The molecule has 1 unspecified atom stereocenters. The first kappa shape index (κ1) is 18.4. The van der Waals surface area contributed by atoms with E-state index < -0.39 is 0 Å². The van der Waals surface area contributed by atoms with Crippen LogP contribution in [0, 0.1) is 6.92 Å². The summed E-state index contributed by atoms with van der Waals surface area (Å²) in [5.41, 5.74) is 6.66. The van der Waals surface area contributed by atoms with Crippen LogP contribution in [0.5, 0.6) is 0 Å². The van der Waals surface area contributed by atoms with Gasteiger partial charge in [-0.2, -0.15) is 11.8 Å². The number of thioether (sulfide) groups is 1. The van der Waals surface area contributed by atoms with Gasteiger partial charge >= 0.3 is 0 Å². The van der Waals surface area contributed by atoms with Crippen molar-refractivity contribution in [3.63, 3.8) is 0 Å². The van der Waals surface area contributed by atoms with E-state index in [1.807, 2.05) is 18.0 Å². The molecule has 1 heterocycles. The largest absolute Gasteiger partial charge is 0.361 e. The summed E-state index contributed by atoms with van der Waals surface area (Å²) in [5.74, 6) is 1.37. The molecule has 2 aromatic carbocycles. The molecule has 1 N–H and O–H groups in total. The van der Waals surface area contributed by atoms with Gasteiger partial charge < -0.3 is 9.17 Å². The summed E-state index contributed by atoms with van der Waals surface area (Å²) in [6.45, 7) is 2.88. The van der Waals surface area contributed by atoms with E-state index in [1.54, 1.807) is 0 Å². The van der Waals surface area contributed by atoms with Crippen molar-refractivity contribution in [2.45, 2.75) is 25.0 Å². The van der Waals surface area contributed by atoms with Gasteiger partial charge in [-0.05, 0) is 48.3 Å². The minimum Gasteiger partial charge on any atom is -0.361 e. The van der Waals surface area contributed by atoms with Gasteiger partial charge in [0.15, 0.2) is 0 Å². The molecule has 0 amide bonds. The molecule has 0 aliphatic heterocycles. The Labute approximate surface area is 159 Å². The van der Waals surface area contributed by atoms with Crippen molar-refractivity contribution in [1.29, 1.82) is 0 Å². The van der Waals surface area contributed by atoms with Crippen LogP contribution in [0.1, 0.15) is 34.6 Å². The Morgan fingerprint density at radius 1 is 1.08 bits per heavy atom. The van der Waals surface area contributed by atoms with Gasteiger partial charge in [-0.1, -0.05) is 48.0 Å². The summed E-state index contributed by atoms with van der Waals surface area (Å²) in [6.07, 6.45) is 7.29. The molecule has 3 aromatic rings. The number of aryl methyl sites for hydroxylation is 1. The van der Waals surface area contributed by atoms with Crippen molar-refractivity contribution in [3.05, 3.63) is 70.9 Å². The predicted octanol–water partition coefficient (Wildman–Crippen LogP) is 6.16. The van der Waals surface area contributed by atoms with Gasteiger partial charge in [0, 0.05) is 35.0 Å². The number of aromatic nitrogens is 1. The van der Waals surface area contributed by atoms with Crippen molar-refractivity contribution in [2.24, 2.45) is 0 Å². The Hall–Kier alpha value is -1.36. The van der Waals surface area contributed by atoms with Gasteiger partial charge in [0.05, 0.1) is 6.61 Å². The second-order valence-electron chi connectivity index (χ2n) is 6.26. The molecule has 0 aliphatic rings. The lowest BCUT2D eigenvalue weighted by atomic mass is 9.88. The summed E-state index contributed by atoms with van der Waals surface area (Å²) in [7, 11) is 0. The number of rotatable bonds is 8. The second kappa shape index (κ2) is 8.84. The summed E-state index contributed by atoms with van der Waals surface area (Å²) in [4.78, 5) is 3.53. The highest BCUT2D eigenvalue weighted by Gasteiger charge is 2.19. The molecule has 3 rings (SSSR count). The van der Waals surface area contributed by atoms with Crippen LogP contribution < -0.4 is 0 Å². The van der Waals surface area contributed by atoms with Gasteiger partial charge in [0.1, 0.15) is 0 Å². The molecule has 132 valence electrons. The third-order valence-electron chi connectivity index (χ3n) is 4.60. The van der Waals surface area contributed by atoms with Crippen LogP contribution in [0.3, 0.4) is 0 Å². The maximum Gasteiger partial charge on any atom is 0.0622 e. The molecular formula is C21H25NOS2. The van der Waals surface area contributed by atoms with Gasteiger partial charge in [-0.15, -0.1) is 0 Å². The molecule has 25 heavy (non-hydrogen) atoms. The third kappa shape index (κ3) is 4.25. The zero-order chi connectivity index (χ0) is 17.6. The average Bonchev–Trinajstić information content (AvgIpc) is 3.05. The molecule has 0 saturated heterocycles. The van der Waals surface area contributed by atoms with Crippen LogP contribution in [-0.2, 0) is 9.94 Å². The van der Waals surface area contributed by atoms with Crippen LogP contribution in [-0.4, -0.2) is 24.1 Å². The van der Waals surface area contributed by atoms with E-state index in [9.17, 15) is 0 Å². The quantitative estimate of drug-likeness (QED) is 0.379. The van der Waals surface area contributed by atoms with E-state index in [0.717, 1.165) is 18.8 Å². The zero-order valence-electron chi connectivity index (χ0n) is 15.0. The molecular weight excluding hydrogens is 346 g/mol. The average molecular weight is 372 g/mol. The van der Waals surface area contributed by atoms with E-state index in [1.165, 1.54) is 45.2 Å².